The second-order valence-electron chi connectivity index (χ2n) is 3.07. The van der Waals surface area contributed by atoms with E-state index in [1.807, 2.05) is 6.07 Å². The number of imidazole rings is 1. The molecule has 0 atom stereocenters. The predicted octanol–water partition coefficient (Wildman–Crippen LogP) is 1.49. The van der Waals surface area contributed by atoms with Gasteiger partial charge in [0.1, 0.15) is 17.0 Å². The highest BCUT2D eigenvalue weighted by Gasteiger charge is 2.11. The van der Waals surface area contributed by atoms with Gasteiger partial charge < -0.3 is 5.11 Å². The number of carbonyl (C=O) groups is 1. The molecule has 84 valence electrons. The number of nitriles is 1. The van der Waals surface area contributed by atoms with Gasteiger partial charge in [0.2, 0.25) is 5.82 Å². The lowest BCUT2D eigenvalue weighted by atomic mass is 10.2. The van der Waals surface area contributed by atoms with E-state index in [9.17, 15) is 4.79 Å². The molecule has 0 aliphatic heterocycles. The number of aromatic nitrogens is 3. The molecule has 6 nitrogen and oxygen atoms in total. The van der Waals surface area contributed by atoms with E-state index in [-0.39, 0.29) is 22.4 Å². The normalized spacial score (nSPS) is 9.88. The molecular formula is C10H5ClN4O2. The van der Waals surface area contributed by atoms with E-state index in [0.29, 0.717) is 0 Å². The van der Waals surface area contributed by atoms with Crippen LogP contribution in [0.4, 0.5) is 0 Å². The number of carboxylic acid groups (broad SMARTS) is 1. The molecule has 0 saturated carbocycles. The van der Waals surface area contributed by atoms with E-state index in [2.05, 4.69) is 9.97 Å². The summed E-state index contributed by atoms with van der Waals surface area (Å²) in [6.07, 6.45) is 2.92. The molecule has 0 aromatic carbocycles. The van der Waals surface area contributed by atoms with Crippen LogP contribution in [0.2, 0.25) is 5.15 Å². The minimum Gasteiger partial charge on any atom is -0.478 e. The molecule has 0 fully saturated rings. The average molecular weight is 249 g/mol. The Hall–Kier alpha value is -2.39. The van der Waals surface area contributed by atoms with Crippen LogP contribution < -0.4 is 0 Å². The maximum atomic E-state index is 10.9. The first-order chi connectivity index (χ1) is 8.11. The fraction of sp³-hybridized carbons (Fsp3) is 0. The molecule has 0 bridgehead atoms. The van der Waals surface area contributed by atoms with E-state index in [0.717, 1.165) is 0 Å². The maximum Gasteiger partial charge on any atom is 0.335 e. The van der Waals surface area contributed by atoms with E-state index < -0.39 is 5.97 Å². The molecular weight excluding hydrogens is 244 g/mol. The first-order valence-electron chi connectivity index (χ1n) is 4.46. The van der Waals surface area contributed by atoms with Crippen molar-refractivity contribution in [1.29, 1.82) is 5.26 Å². The number of hydrogen-bond donors (Lipinski definition) is 1. The third-order valence-corrected chi connectivity index (χ3v) is 2.21. The highest BCUT2D eigenvalue weighted by molar-refractivity contribution is 6.29. The number of hydrogen-bond acceptors (Lipinski definition) is 4. The fourth-order valence-corrected chi connectivity index (χ4v) is 1.51. The first-order valence-corrected chi connectivity index (χ1v) is 4.84. The Bertz CT molecular complexity index is 629. The van der Waals surface area contributed by atoms with Crippen molar-refractivity contribution in [1.82, 2.24) is 14.5 Å². The second-order valence-corrected chi connectivity index (χ2v) is 3.46. The minimum atomic E-state index is -1.12. The Balaban J connectivity index is 2.61. The molecule has 0 amide bonds. The fourth-order valence-electron chi connectivity index (χ4n) is 1.30. The molecule has 0 aliphatic rings. The zero-order chi connectivity index (χ0) is 12.4. The molecule has 0 radical (unpaired) electrons. The third-order valence-electron chi connectivity index (χ3n) is 2.02. The van der Waals surface area contributed by atoms with Gasteiger partial charge in [0, 0.05) is 12.4 Å². The van der Waals surface area contributed by atoms with Crippen molar-refractivity contribution >= 4 is 17.6 Å². The van der Waals surface area contributed by atoms with Gasteiger partial charge in [-0.25, -0.2) is 14.8 Å². The lowest BCUT2D eigenvalue weighted by Gasteiger charge is -2.04. The molecule has 0 spiro atoms. The molecule has 1 N–H and O–H groups in total. The van der Waals surface area contributed by atoms with Crippen molar-refractivity contribution in [3.8, 4) is 11.9 Å². The van der Waals surface area contributed by atoms with Crippen LogP contribution in [-0.2, 0) is 0 Å². The van der Waals surface area contributed by atoms with Crippen LogP contribution in [0.3, 0.4) is 0 Å². The van der Waals surface area contributed by atoms with Gasteiger partial charge in [-0.3, -0.25) is 4.57 Å². The maximum absolute atomic E-state index is 10.9. The van der Waals surface area contributed by atoms with Crippen LogP contribution in [-0.4, -0.2) is 25.6 Å². The monoisotopic (exact) mass is 248 g/mol. The smallest absolute Gasteiger partial charge is 0.335 e. The van der Waals surface area contributed by atoms with Crippen LogP contribution in [0.5, 0.6) is 0 Å². The van der Waals surface area contributed by atoms with Gasteiger partial charge >= 0.3 is 5.97 Å². The summed E-state index contributed by atoms with van der Waals surface area (Å²) in [4.78, 5) is 18.6. The van der Waals surface area contributed by atoms with Crippen molar-refractivity contribution in [2.24, 2.45) is 0 Å². The van der Waals surface area contributed by atoms with Crippen molar-refractivity contribution in [3.05, 3.63) is 41.1 Å². The molecule has 2 heterocycles. The summed E-state index contributed by atoms with van der Waals surface area (Å²) in [6, 6.07) is 4.41. The van der Waals surface area contributed by atoms with Crippen LogP contribution in [0, 0.1) is 11.3 Å². The molecule has 0 saturated heterocycles. The topological polar surface area (TPSA) is 91.8 Å². The van der Waals surface area contributed by atoms with Gasteiger partial charge in [0.25, 0.3) is 0 Å². The lowest BCUT2D eigenvalue weighted by Crippen LogP contribution is -2.04. The zero-order valence-corrected chi connectivity index (χ0v) is 9.09. The molecule has 2 aromatic heterocycles. The Morgan fingerprint density at radius 1 is 1.53 bits per heavy atom. The van der Waals surface area contributed by atoms with Crippen molar-refractivity contribution < 1.29 is 9.90 Å². The quantitative estimate of drug-likeness (QED) is 0.813. The number of nitrogens with zero attached hydrogens (tertiary/aromatic N) is 4. The summed E-state index contributed by atoms with van der Waals surface area (Å²) in [7, 11) is 0. The zero-order valence-electron chi connectivity index (χ0n) is 8.33. The number of rotatable bonds is 2. The minimum absolute atomic E-state index is 0.00223. The Morgan fingerprint density at radius 3 is 2.94 bits per heavy atom. The standard InChI is InChI=1S/C10H5ClN4O2/c11-7-3-6(10(16)17)4-8(14-7)15-2-1-13-9(15)5-12/h1-4H,(H,16,17). The van der Waals surface area contributed by atoms with Crippen molar-refractivity contribution in [2.75, 3.05) is 0 Å². The van der Waals surface area contributed by atoms with Crippen LogP contribution in [0.15, 0.2) is 24.5 Å². The predicted molar refractivity (Wildman–Crippen MR) is 58.0 cm³/mol. The largest absolute Gasteiger partial charge is 0.478 e. The third kappa shape index (κ3) is 2.09. The van der Waals surface area contributed by atoms with E-state index in [1.54, 1.807) is 0 Å². The molecule has 2 aromatic rings. The van der Waals surface area contributed by atoms with Gasteiger partial charge in [0.05, 0.1) is 5.56 Å². The molecule has 0 aliphatic carbocycles. The summed E-state index contributed by atoms with van der Waals surface area (Å²) in [6.45, 7) is 0. The molecule has 7 heteroatoms. The Kier molecular flexibility index (Phi) is 2.77. The molecule has 17 heavy (non-hydrogen) atoms. The SMILES string of the molecule is N#Cc1nccn1-c1cc(C(=O)O)cc(Cl)n1. The number of pyridine rings is 1. The molecule has 2 rings (SSSR count). The summed E-state index contributed by atoms with van der Waals surface area (Å²) < 4.78 is 1.36. The summed E-state index contributed by atoms with van der Waals surface area (Å²) in [5.74, 6) is -0.769. The Labute approximate surface area is 101 Å². The summed E-state index contributed by atoms with van der Waals surface area (Å²) >= 11 is 5.72. The number of aromatic carboxylic acids is 1. The van der Waals surface area contributed by atoms with Gasteiger partial charge in [-0.2, -0.15) is 5.26 Å². The average Bonchev–Trinajstić information content (AvgIpc) is 2.76. The van der Waals surface area contributed by atoms with E-state index in [1.165, 1.54) is 29.1 Å². The first kappa shape index (κ1) is 11.1. The van der Waals surface area contributed by atoms with Gasteiger partial charge in [-0.15, -0.1) is 0 Å². The number of carboxylic acids is 1. The van der Waals surface area contributed by atoms with Crippen LogP contribution in [0.25, 0.3) is 5.82 Å². The highest BCUT2D eigenvalue weighted by atomic mass is 35.5. The van der Waals surface area contributed by atoms with Gasteiger partial charge in [-0.05, 0) is 12.1 Å². The lowest BCUT2D eigenvalue weighted by molar-refractivity contribution is 0.0696. The summed E-state index contributed by atoms with van der Waals surface area (Å²) in [5, 5.41) is 17.7. The van der Waals surface area contributed by atoms with Crippen LogP contribution >= 0.6 is 11.6 Å². The van der Waals surface area contributed by atoms with Crippen molar-refractivity contribution in [3.63, 3.8) is 0 Å². The second kappa shape index (κ2) is 4.23. The van der Waals surface area contributed by atoms with Gasteiger partial charge in [-0.1, -0.05) is 11.6 Å². The highest BCUT2D eigenvalue weighted by Crippen LogP contribution is 2.15. The Morgan fingerprint density at radius 2 is 2.29 bits per heavy atom. The molecule has 0 unspecified atom stereocenters. The number of halogens is 1. The van der Waals surface area contributed by atoms with Crippen LogP contribution in [0.1, 0.15) is 16.2 Å². The van der Waals surface area contributed by atoms with Gasteiger partial charge in [0.15, 0.2) is 0 Å². The van der Waals surface area contributed by atoms with E-state index in [4.69, 9.17) is 22.0 Å². The van der Waals surface area contributed by atoms with E-state index >= 15 is 0 Å². The van der Waals surface area contributed by atoms with Crippen molar-refractivity contribution in [2.45, 2.75) is 0 Å². The summed E-state index contributed by atoms with van der Waals surface area (Å²) in [5.41, 5.74) is -0.00223.